The number of para-hydroxylation sites is 1. The van der Waals surface area contributed by atoms with Crippen LogP contribution in [0, 0.1) is 16.7 Å². The summed E-state index contributed by atoms with van der Waals surface area (Å²) >= 11 is 0. The molecule has 1 rings (SSSR count). The number of anilines is 1. The maximum Gasteiger partial charge on any atom is 0.181 e. The third kappa shape index (κ3) is 2.72. The van der Waals surface area contributed by atoms with E-state index in [2.05, 4.69) is 10.5 Å². The molecule has 0 atom stereocenters. The van der Waals surface area contributed by atoms with Gasteiger partial charge >= 0.3 is 0 Å². The SMILES string of the molecule is CC(=N)/C(C#N)=N\Nc1ccccc1. The average molecular weight is 186 g/mol. The smallest absolute Gasteiger partial charge is 0.181 e. The Morgan fingerprint density at radius 3 is 2.57 bits per heavy atom. The summed E-state index contributed by atoms with van der Waals surface area (Å²) in [5.41, 5.74) is 3.74. The first-order valence-electron chi connectivity index (χ1n) is 4.08. The zero-order chi connectivity index (χ0) is 10.4. The Labute approximate surface area is 82.4 Å². The molecule has 70 valence electrons. The molecular weight excluding hydrogens is 176 g/mol. The summed E-state index contributed by atoms with van der Waals surface area (Å²) in [6, 6.07) is 11.1. The predicted molar refractivity (Wildman–Crippen MR) is 56.5 cm³/mol. The summed E-state index contributed by atoms with van der Waals surface area (Å²) in [4.78, 5) is 0. The second-order valence-corrected chi connectivity index (χ2v) is 2.68. The average Bonchev–Trinajstić information content (AvgIpc) is 2.20. The van der Waals surface area contributed by atoms with Crippen molar-refractivity contribution in [3.05, 3.63) is 30.3 Å². The van der Waals surface area contributed by atoms with Crippen molar-refractivity contribution >= 4 is 17.1 Å². The van der Waals surface area contributed by atoms with Crippen LogP contribution >= 0.6 is 0 Å². The predicted octanol–water partition coefficient (Wildman–Crippen LogP) is 2.02. The fourth-order valence-corrected chi connectivity index (χ4v) is 0.826. The second-order valence-electron chi connectivity index (χ2n) is 2.68. The third-order valence-corrected chi connectivity index (χ3v) is 1.53. The third-order valence-electron chi connectivity index (χ3n) is 1.53. The van der Waals surface area contributed by atoms with Crippen molar-refractivity contribution in [1.82, 2.24) is 0 Å². The molecule has 0 bridgehead atoms. The first kappa shape index (κ1) is 9.93. The summed E-state index contributed by atoms with van der Waals surface area (Å²) in [5, 5.41) is 19.6. The lowest BCUT2D eigenvalue weighted by Crippen LogP contribution is -2.08. The van der Waals surface area contributed by atoms with E-state index >= 15 is 0 Å². The lowest BCUT2D eigenvalue weighted by atomic mass is 10.3. The van der Waals surface area contributed by atoms with Crippen LogP contribution < -0.4 is 5.43 Å². The van der Waals surface area contributed by atoms with Crippen molar-refractivity contribution in [1.29, 1.82) is 10.7 Å². The van der Waals surface area contributed by atoms with Crippen LogP contribution in [0.25, 0.3) is 0 Å². The van der Waals surface area contributed by atoms with Crippen LogP contribution in [0.4, 0.5) is 5.69 Å². The van der Waals surface area contributed by atoms with Crippen molar-refractivity contribution in [2.45, 2.75) is 6.92 Å². The van der Waals surface area contributed by atoms with E-state index in [-0.39, 0.29) is 11.4 Å². The van der Waals surface area contributed by atoms with Gasteiger partial charge in [0.05, 0.1) is 11.4 Å². The normalized spacial score (nSPS) is 10.4. The number of rotatable bonds is 3. The molecule has 2 N–H and O–H groups in total. The van der Waals surface area contributed by atoms with Gasteiger partial charge in [-0.1, -0.05) is 18.2 Å². The highest BCUT2D eigenvalue weighted by Gasteiger charge is 1.98. The molecule has 4 nitrogen and oxygen atoms in total. The first-order chi connectivity index (χ1) is 6.74. The molecule has 4 heteroatoms. The van der Waals surface area contributed by atoms with Gasteiger partial charge in [-0.05, 0) is 19.1 Å². The van der Waals surface area contributed by atoms with Gasteiger partial charge in [-0.15, -0.1) is 0 Å². The highest BCUT2D eigenvalue weighted by Crippen LogP contribution is 2.04. The molecule has 0 aliphatic carbocycles. The van der Waals surface area contributed by atoms with Crippen molar-refractivity contribution in [3.8, 4) is 6.07 Å². The maximum atomic E-state index is 8.61. The molecule has 14 heavy (non-hydrogen) atoms. The van der Waals surface area contributed by atoms with Crippen LogP contribution in [-0.4, -0.2) is 11.4 Å². The number of nitrogens with one attached hydrogen (secondary N) is 2. The van der Waals surface area contributed by atoms with Crippen LogP contribution in [0.3, 0.4) is 0 Å². The van der Waals surface area contributed by atoms with E-state index in [0.29, 0.717) is 0 Å². The van der Waals surface area contributed by atoms with Gasteiger partial charge in [-0.25, -0.2) is 0 Å². The summed E-state index contributed by atoms with van der Waals surface area (Å²) in [6.07, 6.45) is 0. The van der Waals surface area contributed by atoms with Crippen LogP contribution in [0.5, 0.6) is 0 Å². The Kier molecular flexibility index (Phi) is 3.39. The number of hydrogen-bond acceptors (Lipinski definition) is 4. The molecule has 0 amide bonds. The molecular formula is C10H10N4. The fraction of sp³-hybridized carbons (Fsp3) is 0.100. The van der Waals surface area contributed by atoms with Gasteiger partial charge < -0.3 is 5.41 Å². The van der Waals surface area contributed by atoms with Crippen molar-refractivity contribution in [2.75, 3.05) is 5.43 Å². The van der Waals surface area contributed by atoms with Crippen LogP contribution in [0.15, 0.2) is 35.4 Å². The van der Waals surface area contributed by atoms with Crippen molar-refractivity contribution in [3.63, 3.8) is 0 Å². The number of nitriles is 1. The Morgan fingerprint density at radius 1 is 1.43 bits per heavy atom. The van der Waals surface area contributed by atoms with E-state index in [1.54, 1.807) is 0 Å². The molecule has 0 radical (unpaired) electrons. The van der Waals surface area contributed by atoms with E-state index in [9.17, 15) is 0 Å². The van der Waals surface area contributed by atoms with Gasteiger partial charge in [-0.2, -0.15) is 10.4 Å². The molecule has 0 saturated heterocycles. The summed E-state index contributed by atoms with van der Waals surface area (Å²) in [5.74, 6) is 0. The molecule has 0 heterocycles. The molecule has 0 aliphatic heterocycles. The van der Waals surface area contributed by atoms with Gasteiger partial charge in [0.2, 0.25) is 0 Å². The summed E-state index contributed by atoms with van der Waals surface area (Å²) in [7, 11) is 0. The minimum absolute atomic E-state index is 0.0915. The Bertz CT molecular complexity index is 386. The highest BCUT2D eigenvalue weighted by atomic mass is 15.3. The first-order valence-corrected chi connectivity index (χ1v) is 4.08. The zero-order valence-corrected chi connectivity index (χ0v) is 7.78. The van der Waals surface area contributed by atoms with E-state index in [1.807, 2.05) is 36.4 Å². The Balaban J connectivity index is 2.73. The van der Waals surface area contributed by atoms with Crippen molar-refractivity contribution < 1.29 is 0 Å². The van der Waals surface area contributed by atoms with E-state index in [4.69, 9.17) is 10.7 Å². The topological polar surface area (TPSA) is 72.0 Å². The second kappa shape index (κ2) is 4.77. The lowest BCUT2D eigenvalue weighted by Gasteiger charge is -1.99. The van der Waals surface area contributed by atoms with E-state index < -0.39 is 0 Å². The summed E-state index contributed by atoms with van der Waals surface area (Å²) < 4.78 is 0. The number of hydrogen-bond donors (Lipinski definition) is 2. The van der Waals surface area contributed by atoms with E-state index in [0.717, 1.165) is 5.69 Å². The highest BCUT2D eigenvalue weighted by molar-refractivity contribution is 6.46. The van der Waals surface area contributed by atoms with Crippen LogP contribution in [0.1, 0.15) is 6.92 Å². The van der Waals surface area contributed by atoms with Gasteiger partial charge in [-0.3, -0.25) is 5.43 Å². The Hall–Kier alpha value is -2.15. The largest absolute Gasteiger partial charge is 0.303 e. The minimum atomic E-state index is 0.0915. The number of benzene rings is 1. The summed E-state index contributed by atoms with van der Waals surface area (Å²) in [6.45, 7) is 1.52. The van der Waals surface area contributed by atoms with Crippen LogP contribution in [-0.2, 0) is 0 Å². The van der Waals surface area contributed by atoms with Gasteiger partial charge in [0.15, 0.2) is 5.71 Å². The quantitative estimate of drug-likeness (QED) is 0.560. The van der Waals surface area contributed by atoms with Gasteiger partial charge in [0, 0.05) is 0 Å². The molecule has 0 aromatic heterocycles. The van der Waals surface area contributed by atoms with E-state index in [1.165, 1.54) is 6.92 Å². The number of hydrazone groups is 1. The molecule has 0 spiro atoms. The van der Waals surface area contributed by atoms with Crippen LogP contribution in [0.2, 0.25) is 0 Å². The lowest BCUT2D eigenvalue weighted by molar-refractivity contribution is 1.34. The molecule has 0 unspecified atom stereocenters. The zero-order valence-electron chi connectivity index (χ0n) is 7.78. The molecule has 1 aromatic rings. The molecule has 0 saturated carbocycles. The van der Waals surface area contributed by atoms with Gasteiger partial charge in [0.1, 0.15) is 6.07 Å². The minimum Gasteiger partial charge on any atom is -0.303 e. The Morgan fingerprint density at radius 2 is 2.07 bits per heavy atom. The molecule has 0 aliphatic rings. The molecule has 0 fully saturated rings. The van der Waals surface area contributed by atoms with Gasteiger partial charge in [0.25, 0.3) is 0 Å². The standard InChI is InChI=1S/C10H10N4/c1-8(12)10(7-11)14-13-9-5-3-2-4-6-9/h2-6,12-13H,1H3/b12-8?,14-10-. The fourth-order valence-electron chi connectivity index (χ4n) is 0.826. The molecule has 1 aromatic carbocycles. The van der Waals surface area contributed by atoms with Crippen molar-refractivity contribution in [2.24, 2.45) is 5.10 Å². The maximum absolute atomic E-state index is 8.61. The monoisotopic (exact) mass is 186 g/mol. The number of nitrogens with zero attached hydrogens (tertiary/aromatic N) is 2.